The van der Waals surface area contributed by atoms with Crippen LogP contribution in [0.4, 0.5) is 5.69 Å². The lowest BCUT2D eigenvalue weighted by atomic mass is 10.0. The first-order valence-electron chi connectivity index (χ1n) is 7.42. The van der Waals surface area contributed by atoms with Crippen LogP contribution in [0.1, 0.15) is 38.2 Å². The maximum absolute atomic E-state index is 9.12. The Labute approximate surface area is 130 Å². The van der Waals surface area contributed by atoms with Crippen molar-refractivity contribution in [3.8, 4) is 6.07 Å². The smallest absolute Gasteiger partial charge is 0.0992 e. The molecule has 4 heteroatoms. The molecule has 1 aromatic rings. The van der Waals surface area contributed by atoms with Crippen LogP contribution in [-0.2, 0) is 0 Å². The van der Waals surface area contributed by atoms with Crippen molar-refractivity contribution >= 4 is 21.6 Å². The van der Waals surface area contributed by atoms with Crippen molar-refractivity contribution in [3.05, 3.63) is 28.2 Å². The Hall–Kier alpha value is -1.05. The highest BCUT2D eigenvalue weighted by Crippen LogP contribution is 2.24. The van der Waals surface area contributed by atoms with Crippen LogP contribution in [-0.4, -0.2) is 25.7 Å². The molecule has 0 radical (unpaired) electrons. The molecule has 0 saturated carbocycles. The molecule has 108 valence electrons. The van der Waals surface area contributed by atoms with Crippen molar-refractivity contribution in [2.75, 3.05) is 24.5 Å². The van der Waals surface area contributed by atoms with E-state index in [9.17, 15) is 0 Å². The van der Waals surface area contributed by atoms with E-state index >= 15 is 0 Å². The van der Waals surface area contributed by atoms with Gasteiger partial charge in [0.1, 0.15) is 0 Å². The fourth-order valence-electron chi connectivity index (χ4n) is 2.76. The first-order valence-corrected chi connectivity index (χ1v) is 8.21. The molecule has 2 rings (SSSR count). The molecule has 1 unspecified atom stereocenters. The van der Waals surface area contributed by atoms with E-state index in [1.807, 2.05) is 12.1 Å². The summed E-state index contributed by atoms with van der Waals surface area (Å²) in [5.41, 5.74) is 1.86. The van der Waals surface area contributed by atoms with Crippen LogP contribution in [0.25, 0.3) is 0 Å². The second-order valence-corrected chi connectivity index (χ2v) is 6.32. The van der Waals surface area contributed by atoms with Gasteiger partial charge >= 0.3 is 0 Å². The topological polar surface area (TPSA) is 39.1 Å². The van der Waals surface area contributed by atoms with Crippen LogP contribution in [0.3, 0.4) is 0 Å². The quantitative estimate of drug-likeness (QED) is 0.892. The molecule has 1 saturated heterocycles. The van der Waals surface area contributed by atoms with E-state index in [-0.39, 0.29) is 0 Å². The number of benzene rings is 1. The lowest BCUT2D eigenvalue weighted by Crippen LogP contribution is -2.44. The molecule has 1 aliphatic rings. The van der Waals surface area contributed by atoms with Gasteiger partial charge in [-0.15, -0.1) is 0 Å². The number of nitrogens with one attached hydrogen (secondary N) is 1. The van der Waals surface area contributed by atoms with Crippen molar-refractivity contribution < 1.29 is 0 Å². The van der Waals surface area contributed by atoms with Crippen molar-refractivity contribution in [3.63, 3.8) is 0 Å². The summed E-state index contributed by atoms with van der Waals surface area (Å²) in [6.45, 7) is 5.38. The SMILES string of the molecule is CCCN(CC1CCCCN1)c1cc(Br)cc(C#N)c1. The zero-order valence-electron chi connectivity index (χ0n) is 12.0. The lowest BCUT2D eigenvalue weighted by molar-refractivity contribution is 0.399. The Kier molecular flexibility index (Phi) is 5.87. The Bertz CT molecular complexity index is 475. The Morgan fingerprint density at radius 3 is 2.90 bits per heavy atom. The number of rotatable bonds is 5. The molecule has 0 aromatic heterocycles. The van der Waals surface area contributed by atoms with E-state index in [0.29, 0.717) is 11.6 Å². The summed E-state index contributed by atoms with van der Waals surface area (Å²) >= 11 is 3.51. The zero-order chi connectivity index (χ0) is 14.4. The standard InChI is InChI=1S/C16H22BrN3/c1-2-7-20(12-15-5-3-4-6-19-15)16-9-13(11-18)8-14(17)10-16/h8-10,15,19H,2-7,12H2,1H3. The van der Waals surface area contributed by atoms with E-state index in [4.69, 9.17) is 5.26 Å². The maximum Gasteiger partial charge on any atom is 0.0992 e. The van der Waals surface area contributed by atoms with Crippen LogP contribution in [0.2, 0.25) is 0 Å². The van der Waals surface area contributed by atoms with Crippen molar-refractivity contribution in [2.45, 2.75) is 38.6 Å². The number of hydrogen-bond acceptors (Lipinski definition) is 3. The van der Waals surface area contributed by atoms with Gasteiger partial charge in [0.15, 0.2) is 0 Å². The molecule has 1 N–H and O–H groups in total. The third kappa shape index (κ3) is 4.22. The minimum absolute atomic E-state index is 0.569. The Morgan fingerprint density at radius 1 is 1.40 bits per heavy atom. The molecule has 3 nitrogen and oxygen atoms in total. The van der Waals surface area contributed by atoms with Gasteiger partial charge < -0.3 is 10.2 Å². The van der Waals surface area contributed by atoms with E-state index in [2.05, 4.69) is 45.2 Å². The van der Waals surface area contributed by atoms with Gasteiger partial charge in [-0.3, -0.25) is 0 Å². The summed E-state index contributed by atoms with van der Waals surface area (Å²) in [5.74, 6) is 0. The van der Waals surface area contributed by atoms with Crippen LogP contribution in [0, 0.1) is 11.3 Å². The largest absolute Gasteiger partial charge is 0.370 e. The maximum atomic E-state index is 9.12. The zero-order valence-corrected chi connectivity index (χ0v) is 13.6. The molecule has 0 amide bonds. The number of hydrogen-bond donors (Lipinski definition) is 1. The first kappa shape index (κ1) is 15.3. The monoisotopic (exact) mass is 335 g/mol. The molecule has 1 aliphatic heterocycles. The molecular formula is C16H22BrN3. The van der Waals surface area contributed by atoms with Gasteiger partial charge in [-0.2, -0.15) is 5.26 Å². The first-order chi connectivity index (χ1) is 9.72. The summed E-state index contributed by atoms with van der Waals surface area (Å²) in [6.07, 6.45) is 4.97. The van der Waals surface area contributed by atoms with Crippen molar-refractivity contribution in [2.24, 2.45) is 0 Å². The summed E-state index contributed by atoms with van der Waals surface area (Å²) in [6, 6.07) is 8.77. The highest BCUT2D eigenvalue weighted by molar-refractivity contribution is 9.10. The van der Waals surface area contributed by atoms with Gasteiger partial charge in [0, 0.05) is 29.3 Å². The Morgan fingerprint density at radius 2 is 2.25 bits per heavy atom. The van der Waals surface area contributed by atoms with E-state index in [0.717, 1.165) is 36.2 Å². The van der Waals surface area contributed by atoms with E-state index < -0.39 is 0 Å². The average Bonchev–Trinajstić information content (AvgIpc) is 2.47. The van der Waals surface area contributed by atoms with Crippen molar-refractivity contribution in [1.29, 1.82) is 5.26 Å². The third-order valence-electron chi connectivity index (χ3n) is 3.72. The number of piperidine rings is 1. The van der Waals surface area contributed by atoms with Crippen LogP contribution < -0.4 is 10.2 Å². The normalized spacial score (nSPS) is 18.6. The summed E-state index contributed by atoms with van der Waals surface area (Å²) in [4.78, 5) is 2.40. The molecule has 0 bridgehead atoms. The molecule has 1 aromatic carbocycles. The predicted molar refractivity (Wildman–Crippen MR) is 87.0 cm³/mol. The van der Waals surface area contributed by atoms with Gasteiger partial charge in [0.25, 0.3) is 0 Å². The van der Waals surface area contributed by atoms with Gasteiger partial charge in [0.2, 0.25) is 0 Å². The highest BCUT2D eigenvalue weighted by atomic mass is 79.9. The fraction of sp³-hybridized carbons (Fsp3) is 0.562. The van der Waals surface area contributed by atoms with Gasteiger partial charge in [-0.25, -0.2) is 0 Å². The van der Waals surface area contributed by atoms with Crippen molar-refractivity contribution in [1.82, 2.24) is 5.32 Å². The average molecular weight is 336 g/mol. The third-order valence-corrected chi connectivity index (χ3v) is 4.18. The van der Waals surface area contributed by atoms with Gasteiger partial charge in [-0.1, -0.05) is 29.3 Å². The van der Waals surface area contributed by atoms with Gasteiger partial charge in [-0.05, 0) is 44.0 Å². The van der Waals surface area contributed by atoms with E-state index in [1.54, 1.807) is 0 Å². The minimum atomic E-state index is 0.569. The molecular weight excluding hydrogens is 314 g/mol. The molecule has 1 heterocycles. The van der Waals surface area contributed by atoms with Crippen LogP contribution >= 0.6 is 15.9 Å². The van der Waals surface area contributed by atoms with Gasteiger partial charge in [0.05, 0.1) is 11.6 Å². The molecule has 0 aliphatic carbocycles. The fourth-order valence-corrected chi connectivity index (χ4v) is 3.24. The molecule has 1 atom stereocenters. The highest BCUT2D eigenvalue weighted by Gasteiger charge is 2.17. The minimum Gasteiger partial charge on any atom is -0.370 e. The Balaban J connectivity index is 2.14. The molecule has 0 spiro atoms. The van der Waals surface area contributed by atoms with Crippen LogP contribution in [0.5, 0.6) is 0 Å². The summed E-state index contributed by atoms with van der Waals surface area (Å²) in [5, 5.41) is 12.7. The van der Waals surface area contributed by atoms with E-state index in [1.165, 1.54) is 19.3 Å². The second-order valence-electron chi connectivity index (χ2n) is 5.40. The molecule has 1 fully saturated rings. The van der Waals surface area contributed by atoms with Crippen LogP contribution in [0.15, 0.2) is 22.7 Å². The lowest BCUT2D eigenvalue weighted by Gasteiger charge is -2.32. The molecule has 20 heavy (non-hydrogen) atoms. The number of halogens is 1. The number of nitrogens with zero attached hydrogens (tertiary/aromatic N) is 2. The predicted octanol–water partition coefficient (Wildman–Crippen LogP) is 3.68. The number of anilines is 1. The summed E-state index contributed by atoms with van der Waals surface area (Å²) in [7, 11) is 0. The number of nitriles is 1. The summed E-state index contributed by atoms with van der Waals surface area (Å²) < 4.78 is 0.976. The second kappa shape index (κ2) is 7.66.